The van der Waals surface area contributed by atoms with E-state index >= 15 is 0 Å². The van der Waals surface area contributed by atoms with Crippen molar-refractivity contribution in [1.82, 2.24) is 4.90 Å². The summed E-state index contributed by atoms with van der Waals surface area (Å²) >= 11 is 0. The van der Waals surface area contributed by atoms with E-state index in [1.165, 1.54) is 18.4 Å². The number of nitrogens with zero attached hydrogens (tertiary/aromatic N) is 1. The zero-order valence-electron chi connectivity index (χ0n) is 12.3. The second kappa shape index (κ2) is 6.53. The molecular formula is C17H27NO. The Hall–Kier alpha value is -0.860. The molecule has 1 aromatic rings. The van der Waals surface area contributed by atoms with Crippen LogP contribution in [0.1, 0.15) is 45.1 Å². The lowest BCUT2D eigenvalue weighted by atomic mass is 9.83. The fourth-order valence-electron chi connectivity index (χ4n) is 3.27. The van der Waals surface area contributed by atoms with Gasteiger partial charge in [0.1, 0.15) is 0 Å². The number of rotatable bonds is 6. The van der Waals surface area contributed by atoms with Crippen molar-refractivity contribution < 1.29 is 5.11 Å². The van der Waals surface area contributed by atoms with Crippen LogP contribution in [0.2, 0.25) is 0 Å². The average molecular weight is 261 g/mol. The van der Waals surface area contributed by atoms with Gasteiger partial charge in [-0.25, -0.2) is 0 Å². The van der Waals surface area contributed by atoms with E-state index in [9.17, 15) is 5.11 Å². The Labute approximate surface area is 117 Å². The zero-order valence-corrected chi connectivity index (χ0v) is 12.3. The van der Waals surface area contributed by atoms with Crippen molar-refractivity contribution in [3.63, 3.8) is 0 Å². The fraction of sp³-hybridized carbons (Fsp3) is 0.647. The topological polar surface area (TPSA) is 23.5 Å². The van der Waals surface area contributed by atoms with Crippen LogP contribution in [-0.2, 0) is 6.42 Å². The van der Waals surface area contributed by atoms with E-state index in [1.807, 2.05) is 0 Å². The lowest BCUT2D eigenvalue weighted by molar-refractivity contribution is -0.0473. The first-order chi connectivity index (χ1) is 9.19. The molecule has 1 N–H and O–H groups in total. The first kappa shape index (κ1) is 14.5. The van der Waals surface area contributed by atoms with E-state index in [2.05, 4.69) is 49.1 Å². The van der Waals surface area contributed by atoms with E-state index in [-0.39, 0.29) is 6.04 Å². The summed E-state index contributed by atoms with van der Waals surface area (Å²) in [5.41, 5.74) is 0.778. The molecule has 19 heavy (non-hydrogen) atoms. The minimum atomic E-state index is -0.555. The molecule has 106 valence electrons. The van der Waals surface area contributed by atoms with Crippen molar-refractivity contribution >= 4 is 0 Å². The summed E-state index contributed by atoms with van der Waals surface area (Å²) in [4.78, 5) is 2.50. The molecule has 0 aliphatic carbocycles. The van der Waals surface area contributed by atoms with Gasteiger partial charge in [-0.3, -0.25) is 4.90 Å². The monoisotopic (exact) mass is 261 g/mol. The number of benzene rings is 1. The van der Waals surface area contributed by atoms with Crippen molar-refractivity contribution in [3.8, 4) is 0 Å². The Morgan fingerprint density at radius 2 is 1.68 bits per heavy atom. The van der Waals surface area contributed by atoms with Gasteiger partial charge in [0.05, 0.1) is 5.60 Å². The lowest BCUT2D eigenvalue weighted by Crippen LogP contribution is -2.52. The minimum Gasteiger partial charge on any atom is -0.388 e. The molecule has 0 aromatic heterocycles. The maximum atomic E-state index is 11.0. The van der Waals surface area contributed by atoms with E-state index in [0.717, 1.165) is 32.4 Å². The smallest absolute Gasteiger partial charge is 0.0800 e. The number of hydrogen-bond acceptors (Lipinski definition) is 2. The number of aliphatic hydroxyl groups is 1. The molecule has 1 heterocycles. The summed E-state index contributed by atoms with van der Waals surface area (Å²) in [5.74, 6) is 0. The van der Waals surface area contributed by atoms with Gasteiger partial charge < -0.3 is 5.11 Å². The largest absolute Gasteiger partial charge is 0.388 e. The minimum absolute atomic E-state index is 0.257. The Kier molecular flexibility index (Phi) is 5.00. The zero-order chi connectivity index (χ0) is 13.7. The van der Waals surface area contributed by atoms with E-state index in [0.29, 0.717) is 0 Å². The predicted molar refractivity (Wildman–Crippen MR) is 80.3 cm³/mol. The predicted octanol–water partition coefficient (Wildman–Crippen LogP) is 3.24. The Morgan fingerprint density at radius 3 is 2.21 bits per heavy atom. The summed E-state index contributed by atoms with van der Waals surface area (Å²) in [6, 6.07) is 10.8. The summed E-state index contributed by atoms with van der Waals surface area (Å²) in [5, 5.41) is 11.0. The summed E-state index contributed by atoms with van der Waals surface area (Å²) in [7, 11) is 0. The van der Waals surface area contributed by atoms with Gasteiger partial charge >= 0.3 is 0 Å². The highest BCUT2D eigenvalue weighted by molar-refractivity contribution is 5.17. The molecule has 0 radical (unpaired) electrons. The molecule has 0 saturated carbocycles. The van der Waals surface area contributed by atoms with Crippen LogP contribution in [-0.4, -0.2) is 34.7 Å². The molecule has 1 saturated heterocycles. The van der Waals surface area contributed by atoms with Crippen LogP contribution >= 0.6 is 0 Å². The third-order valence-electron chi connectivity index (χ3n) is 4.70. The quantitative estimate of drug-likeness (QED) is 0.849. The van der Waals surface area contributed by atoms with Gasteiger partial charge in [0.2, 0.25) is 0 Å². The van der Waals surface area contributed by atoms with Gasteiger partial charge in [0.15, 0.2) is 0 Å². The molecule has 0 amide bonds. The van der Waals surface area contributed by atoms with Crippen molar-refractivity contribution in [3.05, 3.63) is 35.9 Å². The van der Waals surface area contributed by atoms with Crippen LogP contribution in [0.15, 0.2) is 30.3 Å². The van der Waals surface area contributed by atoms with E-state index in [4.69, 9.17) is 0 Å². The van der Waals surface area contributed by atoms with Crippen molar-refractivity contribution in [2.75, 3.05) is 13.1 Å². The van der Waals surface area contributed by atoms with Crippen molar-refractivity contribution in [1.29, 1.82) is 0 Å². The number of hydrogen-bond donors (Lipinski definition) is 1. The molecule has 0 unspecified atom stereocenters. The highest BCUT2D eigenvalue weighted by atomic mass is 16.3. The lowest BCUT2D eigenvalue weighted by Gasteiger charge is -2.41. The summed E-state index contributed by atoms with van der Waals surface area (Å²) < 4.78 is 0. The van der Waals surface area contributed by atoms with Gasteiger partial charge in [0, 0.05) is 6.04 Å². The molecule has 1 aliphatic heterocycles. The molecule has 2 nitrogen and oxygen atoms in total. The molecule has 1 atom stereocenters. The van der Waals surface area contributed by atoms with Crippen LogP contribution < -0.4 is 0 Å². The highest BCUT2D eigenvalue weighted by Crippen LogP contribution is 2.29. The van der Waals surface area contributed by atoms with Gasteiger partial charge in [-0.15, -0.1) is 0 Å². The van der Waals surface area contributed by atoms with Crippen molar-refractivity contribution in [2.45, 2.75) is 57.6 Å². The molecule has 2 heteroatoms. The van der Waals surface area contributed by atoms with E-state index < -0.39 is 5.60 Å². The highest BCUT2D eigenvalue weighted by Gasteiger charge is 2.38. The molecule has 0 bridgehead atoms. The summed E-state index contributed by atoms with van der Waals surface area (Å²) in [6.45, 7) is 6.49. The van der Waals surface area contributed by atoms with Crippen LogP contribution in [0, 0.1) is 0 Å². The van der Waals surface area contributed by atoms with Crippen LogP contribution in [0.5, 0.6) is 0 Å². The SMILES string of the molecule is CCC(O)(CC)[C@H](Cc1ccccc1)N1CCCC1. The van der Waals surface area contributed by atoms with Crippen LogP contribution in [0.3, 0.4) is 0 Å². The van der Waals surface area contributed by atoms with Crippen LogP contribution in [0.25, 0.3) is 0 Å². The standard InChI is InChI=1S/C17H27NO/c1-3-17(19,4-2)16(18-12-8-9-13-18)14-15-10-6-5-7-11-15/h5-7,10-11,16,19H,3-4,8-9,12-14H2,1-2H3/t16-/m0/s1. The van der Waals surface area contributed by atoms with Gasteiger partial charge in [-0.1, -0.05) is 44.2 Å². The van der Waals surface area contributed by atoms with Gasteiger partial charge in [0.25, 0.3) is 0 Å². The molecule has 0 spiro atoms. The van der Waals surface area contributed by atoms with Gasteiger partial charge in [-0.2, -0.15) is 0 Å². The Morgan fingerprint density at radius 1 is 1.11 bits per heavy atom. The summed E-state index contributed by atoms with van der Waals surface area (Å²) in [6.07, 6.45) is 5.16. The molecular weight excluding hydrogens is 234 g/mol. The molecule has 2 rings (SSSR count). The van der Waals surface area contributed by atoms with Crippen LogP contribution in [0.4, 0.5) is 0 Å². The normalized spacial score (nSPS) is 18.7. The average Bonchev–Trinajstić information content (AvgIpc) is 2.99. The fourth-order valence-corrected chi connectivity index (χ4v) is 3.27. The third-order valence-corrected chi connectivity index (χ3v) is 4.70. The maximum Gasteiger partial charge on any atom is 0.0800 e. The van der Waals surface area contributed by atoms with Crippen molar-refractivity contribution in [2.24, 2.45) is 0 Å². The molecule has 1 aliphatic rings. The Bertz CT molecular complexity index is 366. The van der Waals surface area contributed by atoms with Gasteiger partial charge in [-0.05, 0) is 50.8 Å². The second-order valence-corrected chi connectivity index (χ2v) is 5.76. The first-order valence-corrected chi connectivity index (χ1v) is 7.70. The molecule has 1 fully saturated rings. The third kappa shape index (κ3) is 3.37. The number of likely N-dealkylation sites (tertiary alicyclic amines) is 1. The van der Waals surface area contributed by atoms with E-state index in [1.54, 1.807) is 0 Å². The maximum absolute atomic E-state index is 11.0. The second-order valence-electron chi connectivity index (χ2n) is 5.76. The molecule has 1 aromatic carbocycles. The Balaban J connectivity index is 2.18. The first-order valence-electron chi connectivity index (χ1n) is 7.70.